The van der Waals surface area contributed by atoms with E-state index in [0.29, 0.717) is 30.2 Å². The van der Waals surface area contributed by atoms with Crippen LogP contribution in [0, 0.1) is 5.82 Å². The van der Waals surface area contributed by atoms with Gasteiger partial charge in [0.05, 0.1) is 12.6 Å². The molecule has 1 aliphatic rings. The van der Waals surface area contributed by atoms with Crippen LogP contribution in [0.4, 0.5) is 14.9 Å². The number of anilines is 1. The average molecular weight is 402 g/mol. The average Bonchev–Trinajstić information content (AvgIpc) is 3.03. The predicted molar refractivity (Wildman–Crippen MR) is 109 cm³/mol. The van der Waals surface area contributed by atoms with Gasteiger partial charge in [0.2, 0.25) is 0 Å². The van der Waals surface area contributed by atoms with Gasteiger partial charge in [-0.25, -0.2) is 9.18 Å². The van der Waals surface area contributed by atoms with E-state index in [1.54, 1.807) is 29.2 Å². The topological polar surface area (TPSA) is 74.0 Å². The maximum Gasteiger partial charge on any atom is 0.410 e. The van der Waals surface area contributed by atoms with Gasteiger partial charge in [-0.3, -0.25) is 4.90 Å². The van der Waals surface area contributed by atoms with E-state index >= 15 is 0 Å². The second-order valence-corrected chi connectivity index (χ2v) is 8.10. The molecular formula is C22H27FN2O4. The molecule has 1 saturated heterocycles. The molecule has 1 aliphatic heterocycles. The third-order valence-corrected chi connectivity index (χ3v) is 4.42. The van der Waals surface area contributed by atoms with Gasteiger partial charge >= 0.3 is 6.09 Å². The van der Waals surface area contributed by atoms with Crippen molar-refractivity contribution in [1.29, 1.82) is 0 Å². The van der Waals surface area contributed by atoms with Crippen LogP contribution in [0.1, 0.15) is 27.2 Å². The maximum atomic E-state index is 13.1. The minimum absolute atomic E-state index is 0.217. The minimum Gasteiger partial charge on any atom is -0.491 e. The molecule has 1 heterocycles. The van der Waals surface area contributed by atoms with Crippen molar-refractivity contribution in [1.82, 2.24) is 4.90 Å². The molecule has 1 fully saturated rings. The lowest BCUT2D eigenvalue weighted by molar-refractivity contribution is 0.0176. The number of hydrogen-bond acceptors (Lipinski definition) is 5. The molecule has 29 heavy (non-hydrogen) atoms. The molecule has 7 heteroatoms. The van der Waals surface area contributed by atoms with E-state index in [1.807, 2.05) is 32.9 Å². The van der Waals surface area contributed by atoms with Crippen molar-refractivity contribution >= 4 is 11.8 Å². The van der Waals surface area contributed by atoms with Crippen molar-refractivity contribution in [3.63, 3.8) is 0 Å². The molecule has 2 atom stereocenters. The highest BCUT2D eigenvalue weighted by atomic mass is 19.1. The highest BCUT2D eigenvalue weighted by Crippen LogP contribution is 2.27. The number of rotatable bonds is 5. The van der Waals surface area contributed by atoms with Gasteiger partial charge in [-0.05, 0) is 57.2 Å². The number of hydrogen-bond donors (Lipinski definition) is 1. The maximum absolute atomic E-state index is 13.1. The summed E-state index contributed by atoms with van der Waals surface area (Å²) in [6.45, 7) is 6.10. The van der Waals surface area contributed by atoms with Crippen LogP contribution in [0.3, 0.4) is 0 Å². The normalized spacial score (nSPS) is 19.1. The Morgan fingerprint density at radius 2 is 1.90 bits per heavy atom. The third-order valence-electron chi connectivity index (χ3n) is 4.42. The van der Waals surface area contributed by atoms with Crippen molar-refractivity contribution in [3.8, 4) is 11.5 Å². The Morgan fingerprint density at radius 1 is 1.17 bits per heavy atom. The summed E-state index contributed by atoms with van der Waals surface area (Å²) in [6.07, 6.45) is -0.0510. The molecule has 0 unspecified atom stereocenters. The molecule has 3 rings (SSSR count). The molecule has 0 spiro atoms. The summed E-state index contributed by atoms with van der Waals surface area (Å²) in [7, 11) is 0. The van der Waals surface area contributed by atoms with Crippen molar-refractivity contribution in [2.45, 2.75) is 44.9 Å². The van der Waals surface area contributed by atoms with Crippen molar-refractivity contribution in [3.05, 3.63) is 54.3 Å². The van der Waals surface area contributed by atoms with E-state index in [9.17, 15) is 9.18 Å². The van der Waals surface area contributed by atoms with E-state index in [-0.39, 0.29) is 24.6 Å². The number of halogens is 1. The summed E-state index contributed by atoms with van der Waals surface area (Å²) in [5, 5.41) is 0. The fourth-order valence-corrected chi connectivity index (χ4v) is 3.16. The Kier molecular flexibility index (Phi) is 6.15. The smallest absolute Gasteiger partial charge is 0.410 e. The zero-order valence-electron chi connectivity index (χ0n) is 16.9. The number of carbonyl (C=O) groups excluding carboxylic acids is 1. The fraction of sp³-hybridized carbons (Fsp3) is 0.409. The Bertz CT molecular complexity index is 835. The van der Waals surface area contributed by atoms with Crippen molar-refractivity contribution < 1.29 is 23.4 Å². The summed E-state index contributed by atoms with van der Waals surface area (Å²) in [4.78, 5) is 14.3. The Balaban J connectivity index is 1.69. The van der Waals surface area contributed by atoms with E-state index in [1.165, 1.54) is 12.1 Å². The van der Waals surface area contributed by atoms with Crippen LogP contribution >= 0.6 is 0 Å². The van der Waals surface area contributed by atoms with Crippen LogP contribution in [-0.4, -0.2) is 41.9 Å². The molecule has 0 bridgehead atoms. The minimum atomic E-state index is -0.605. The highest BCUT2D eigenvalue weighted by Gasteiger charge is 2.39. The van der Waals surface area contributed by atoms with Crippen LogP contribution in [0.2, 0.25) is 0 Å². The zero-order valence-corrected chi connectivity index (χ0v) is 16.9. The van der Waals surface area contributed by atoms with Gasteiger partial charge in [0.15, 0.2) is 0 Å². The third kappa shape index (κ3) is 6.01. The number of nitrogens with two attached hydrogens (primary N) is 1. The van der Waals surface area contributed by atoms with Gasteiger partial charge in [-0.15, -0.1) is 0 Å². The summed E-state index contributed by atoms with van der Waals surface area (Å²) in [5.41, 5.74) is 5.82. The van der Waals surface area contributed by atoms with Gasteiger partial charge in [0.1, 0.15) is 35.6 Å². The molecule has 2 aromatic carbocycles. The number of amides is 1. The molecule has 0 radical (unpaired) electrons. The number of likely N-dealkylation sites (tertiary alicyclic amines) is 1. The molecule has 1 amide bonds. The van der Waals surface area contributed by atoms with Gasteiger partial charge < -0.3 is 19.9 Å². The Hall–Kier alpha value is -2.96. The molecular weight excluding hydrogens is 375 g/mol. The number of nitrogens with zero attached hydrogens (tertiary/aromatic N) is 1. The van der Waals surface area contributed by atoms with E-state index in [4.69, 9.17) is 19.9 Å². The summed E-state index contributed by atoms with van der Waals surface area (Å²) >= 11 is 0. The van der Waals surface area contributed by atoms with Crippen LogP contribution < -0.4 is 15.2 Å². The van der Waals surface area contributed by atoms with Crippen LogP contribution in [0.15, 0.2) is 48.5 Å². The van der Waals surface area contributed by atoms with E-state index < -0.39 is 11.7 Å². The first-order chi connectivity index (χ1) is 13.7. The highest BCUT2D eigenvalue weighted by molar-refractivity contribution is 5.69. The lowest BCUT2D eigenvalue weighted by Gasteiger charge is -2.28. The first-order valence-corrected chi connectivity index (χ1v) is 9.60. The standard InChI is InChI=1S/C22H27FN2O4/c1-22(2,3)29-21(26)25-13-20(28-19-6-4-5-16(24)11-19)12-17(25)14-27-18-9-7-15(23)8-10-18/h4-11,17,20H,12-14,24H2,1-3H3/t17-,20+/m0/s1. The van der Waals surface area contributed by atoms with Crippen molar-refractivity contribution in [2.24, 2.45) is 0 Å². The zero-order chi connectivity index (χ0) is 21.0. The van der Waals surface area contributed by atoms with Gasteiger partial charge in [-0.1, -0.05) is 6.07 Å². The monoisotopic (exact) mass is 402 g/mol. The number of carbonyl (C=O) groups is 1. The largest absolute Gasteiger partial charge is 0.491 e. The number of benzene rings is 2. The quantitative estimate of drug-likeness (QED) is 0.757. The molecule has 0 aliphatic carbocycles. The van der Waals surface area contributed by atoms with Gasteiger partial charge in [0.25, 0.3) is 0 Å². The first-order valence-electron chi connectivity index (χ1n) is 9.60. The SMILES string of the molecule is CC(C)(C)OC(=O)N1C[C@H](Oc2cccc(N)c2)C[C@H]1COc1ccc(F)cc1. The number of nitrogen functional groups attached to an aromatic ring is 1. The lowest BCUT2D eigenvalue weighted by Crippen LogP contribution is -2.42. The fourth-order valence-electron chi connectivity index (χ4n) is 3.16. The summed E-state index contributed by atoms with van der Waals surface area (Å²) in [5.74, 6) is 0.860. The molecule has 2 N–H and O–H groups in total. The van der Waals surface area contributed by atoms with Gasteiger partial charge in [0, 0.05) is 18.2 Å². The lowest BCUT2D eigenvalue weighted by atomic mass is 10.2. The number of ether oxygens (including phenoxy) is 3. The van der Waals surface area contributed by atoms with E-state index in [2.05, 4.69) is 0 Å². The van der Waals surface area contributed by atoms with Crippen molar-refractivity contribution in [2.75, 3.05) is 18.9 Å². The Morgan fingerprint density at radius 3 is 2.55 bits per heavy atom. The first kappa shape index (κ1) is 20.8. The second kappa shape index (κ2) is 8.59. The molecule has 0 aromatic heterocycles. The molecule has 156 valence electrons. The van der Waals surface area contributed by atoms with Crippen LogP contribution in [0.5, 0.6) is 11.5 Å². The summed E-state index contributed by atoms with van der Waals surface area (Å²) < 4.78 is 30.4. The molecule has 0 saturated carbocycles. The second-order valence-electron chi connectivity index (χ2n) is 8.10. The van der Waals surface area contributed by atoms with Crippen LogP contribution in [-0.2, 0) is 4.74 Å². The molecule has 6 nitrogen and oxygen atoms in total. The van der Waals surface area contributed by atoms with Crippen LogP contribution in [0.25, 0.3) is 0 Å². The Labute approximate surface area is 170 Å². The molecule has 2 aromatic rings. The van der Waals surface area contributed by atoms with Gasteiger partial charge in [-0.2, -0.15) is 0 Å². The predicted octanol–water partition coefficient (Wildman–Crippen LogP) is 4.24. The van der Waals surface area contributed by atoms with E-state index in [0.717, 1.165) is 0 Å². The summed E-state index contributed by atoms with van der Waals surface area (Å²) in [6, 6.07) is 12.7.